The first-order chi connectivity index (χ1) is 7.85. The van der Waals surface area contributed by atoms with Gasteiger partial charge in [-0.2, -0.15) is 0 Å². The van der Waals surface area contributed by atoms with E-state index < -0.39 is 6.10 Å². The van der Waals surface area contributed by atoms with Crippen molar-refractivity contribution in [3.63, 3.8) is 0 Å². The van der Waals surface area contributed by atoms with Gasteiger partial charge < -0.3 is 10.1 Å². The van der Waals surface area contributed by atoms with E-state index in [0.717, 1.165) is 11.3 Å². The van der Waals surface area contributed by atoms with Gasteiger partial charge in [-0.25, -0.2) is 0 Å². The average Bonchev–Trinajstić information content (AvgIpc) is 2.57. The van der Waals surface area contributed by atoms with Crippen LogP contribution in [0.15, 0.2) is 18.2 Å². The third-order valence-corrected chi connectivity index (χ3v) is 2.72. The number of nitrogens with one attached hydrogen (secondary N) is 1. The van der Waals surface area contributed by atoms with Crippen LogP contribution >= 0.6 is 11.6 Å². The molecule has 3 nitrogen and oxygen atoms in total. The zero-order chi connectivity index (χ0) is 12.6. The highest BCUT2D eigenvalue weighted by Crippen LogP contribution is 2.31. The summed E-state index contributed by atoms with van der Waals surface area (Å²) in [7, 11) is 0. The SMILES string of the molecule is CC(C)(C)NC(=O)[C@H]1Cc2cc(Cl)ccc2O1. The summed E-state index contributed by atoms with van der Waals surface area (Å²) in [6.07, 6.45) is 0.139. The molecule has 1 heterocycles. The predicted octanol–water partition coefficient (Wildman–Crippen LogP) is 2.56. The van der Waals surface area contributed by atoms with Crippen molar-refractivity contribution in [1.82, 2.24) is 5.32 Å². The average molecular weight is 254 g/mol. The summed E-state index contributed by atoms with van der Waals surface area (Å²) in [6, 6.07) is 5.42. The first-order valence-electron chi connectivity index (χ1n) is 5.62. The van der Waals surface area contributed by atoms with Gasteiger partial charge in [-0.05, 0) is 44.5 Å². The highest BCUT2D eigenvalue weighted by Gasteiger charge is 2.30. The Labute approximate surface area is 106 Å². The van der Waals surface area contributed by atoms with Crippen LogP contribution in [-0.4, -0.2) is 17.6 Å². The molecular weight excluding hydrogens is 238 g/mol. The van der Waals surface area contributed by atoms with E-state index in [9.17, 15) is 4.79 Å². The molecule has 92 valence electrons. The number of carbonyl (C=O) groups excluding carboxylic acids is 1. The molecule has 4 heteroatoms. The summed E-state index contributed by atoms with van der Waals surface area (Å²) in [5.41, 5.74) is 0.749. The monoisotopic (exact) mass is 253 g/mol. The van der Waals surface area contributed by atoms with Gasteiger partial charge in [-0.1, -0.05) is 11.6 Å². The summed E-state index contributed by atoms with van der Waals surface area (Å²) in [5, 5.41) is 3.58. The number of fused-ring (bicyclic) bond motifs is 1. The zero-order valence-electron chi connectivity index (χ0n) is 10.2. The minimum Gasteiger partial charge on any atom is -0.480 e. The standard InChI is InChI=1S/C13H16ClNO2/c1-13(2,3)15-12(16)11-7-8-6-9(14)4-5-10(8)17-11/h4-6,11H,7H2,1-3H3,(H,15,16)/t11-/m1/s1. The molecule has 1 amide bonds. The molecule has 17 heavy (non-hydrogen) atoms. The Kier molecular flexibility index (Phi) is 3.04. The highest BCUT2D eigenvalue weighted by atomic mass is 35.5. The second-order valence-corrected chi connectivity index (χ2v) is 5.74. The fourth-order valence-electron chi connectivity index (χ4n) is 1.81. The summed E-state index contributed by atoms with van der Waals surface area (Å²) in [5.74, 6) is 0.674. The van der Waals surface area contributed by atoms with Crippen LogP contribution in [0.3, 0.4) is 0 Å². The quantitative estimate of drug-likeness (QED) is 0.835. The summed E-state index contributed by atoms with van der Waals surface area (Å²) < 4.78 is 5.60. The van der Waals surface area contributed by atoms with Crippen LogP contribution in [0, 0.1) is 0 Å². The number of halogens is 1. The van der Waals surface area contributed by atoms with E-state index in [0.29, 0.717) is 11.4 Å². The van der Waals surface area contributed by atoms with Gasteiger partial charge in [0.05, 0.1) is 0 Å². The number of hydrogen-bond acceptors (Lipinski definition) is 2. The van der Waals surface area contributed by atoms with Gasteiger partial charge in [0.15, 0.2) is 6.10 Å². The maximum Gasteiger partial charge on any atom is 0.261 e. The summed E-state index contributed by atoms with van der Waals surface area (Å²) >= 11 is 5.90. The molecule has 0 bridgehead atoms. The summed E-state index contributed by atoms with van der Waals surface area (Å²) in [4.78, 5) is 11.9. The number of hydrogen-bond donors (Lipinski definition) is 1. The van der Waals surface area contributed by atoms with Crippen molar-refractivity contribution < 1.29 is 9.53 Å². The Bertz CT molecular complexity index is 451. The lowest BCUT2D eigenvalue weighted by Gasteiger charge is -2.22. The Balaban J connectivity index is 2.07. The molecule has 1 aromatic carbocycles. The van der Waals surface area contributed by atoms with E-state index in [1.807, 2.05) is 32.9 Å². The molecule has 1 N–H and O–H groups in total. The molecule has 0 fully saturated rings. The van der Waals surface area contributed by atoms with Gasteiger partial charge in [0.1, 0.15) is 5.75 Å². The molecule has 1 aromatic rings. The number of carbonyl (C=O) groups is 1. The predicted molar refractivity (Wildman–Crippen MR) is 67.5 cm³/mol. The first-order valence-corrected chi connectivity index (χ1v) is 6.00. The van der Waals surface area contributed by atoms with Crippen molar-refractivity contribution in [1.29, 1.82) is 0 Å². The highest BCUT2D eigenvalue weighted by molar-refractivity contribution is 6.30. The van der Waals surface area contributed by atoms with Gasteiger partial charge >= 0.3 is 0 Å². The molecule has 0 aliphatic carbocycles. The van der Waals surface area contributed by atoms with Crippen LogP contribution in [0.1, 0.15) is 26.3 Å². The van der Waals surface area contributed by atoms with Gasteiger partial charge in [-0.3, -0.25) is 4.79 Å². The smallest absolute Gasteiger partial charge is 0.261 e. The maximum atomic E-state index is 11.9. The fraction of sp³-hybridized carbons (Fsp3) is 0.462. The lowest BCUT2D eigenvalue weighted by molar-refractivity contribution is -0.128. The second kappa shape index (κ2) is 4.22. The minimum absolute atomic E-state index is 0.0789. The van der Waals surface area contributed by atoms with Crippen LogP contribution in [0.5, 0.6) is 5.75 Å². The molecule has 1 aliphatic heterocycles. The zero-order valence-corrected chi connectivity index (χ0v) is 11.0. The number of rotatable bonds is 1. The van der Waals surface area contributed by atoms with Gasteiger partial charge in [0.2, 0.25) is 0 Å². The molecule has 2 rings (SSSR count). The van der Waals surface area contributed by atoms with Crippen molar-refractivity contribution in [2.45, 2.75) is 38.8 Å². The molecule has 0 unspecified atom stereocenters. The van der Waals surface area contributed by atoms with Crippen LogP contribution in [0.25, 0.3) is 0 Å². The van der Waals surface area contributed by atoms with Crippen molar-refractivity contribution in [2.75, 3.05) is 0 Å². The third-order valence-electron chi connectivity index (χ3n) is 2.49. The van der Waals surface area contributed by atoms with Crippen molar-refractivity contribution in [3.8, 4) is 5.75 Å². The molecule has 0 spiro atoms. The normalized spacial score (nSPS) is 18.5. The Hall–Kier alpha value is -1.22. The van der Waals surface area contributed by atoms with Gasteiger partial charge in [0, 0.05) is 17.0 Å². The molecular formula is C13H16ClNO2. The molecule has 0 saturated heterocycles. The van der Waals surface area contributed by atoms with E-state index >= 15 is 0 Å². The first kappa shape index (κ1) is 12.2. The van der Waals surface area contributed by atoms with Crippen LogP contribution < -0.4 is 10.1 Å². The van der Waals surface area contributed by atoms with Crippen LogP contribution in [0.4, 0.5) is 0 Å². The largest absolute Gasteiger partial charge is 0.480 e. The molecule has 0 aromatic heterocycles. The molecule has 0 radical (unpaired) electrons. The molecule has 1 aliphatic rings. The van der Waals surface area contributed by atoms with E-state index in [4.69, 9.17) is 16.3 Å². The van der Waals surface area contributed by atoms with Crippen molar-refractivity contribution >= 4 is 17.5 Å². The Morgan fingerprint density at radius 1 is 1.47 bits per heavy atom. The van der Waals surface area contributed by atoms with E-state index in [1.54, 1.807) is 6.07 Å². The van der Waals surface area contributed by atoms with E-state index in [1.165, 1.54) is 0 Å². The van der Waals surface area contributed by atoms with E-state index in [2.05, 4.69) is 5.32 Å². The Morgan fingerprint density at radius 2 is 2.18 bits per heavy atom. The summed E-state index contributed by atoms with van der Waals surface area (Å²) in [6.45, 7) is 5.84. The number of benzene rings is 1. The lowest BCUT2D eigenvalue weighted by atomic mass is 10.1. The third kappa shape index (κ3) is 2.91. The van der Waals surface area contributed by atoms with E-state index in [-0.39, 0.29) is 11.4 Å². The molecule has 1 atom stereocenters. The number of amides is 1. The Morgan fingerprint density at radius 3 is 2.82 bits per heavy atom. The van der Waals surface area contributed by atoms with Gasteiger partial charge in [-0.15, -0.1) is 0 Å². The minimum atomic E-state index is -0.442. The van der Waals surface area contributed by atoms with Crippen molar-refractivity contribution in [3.05, 3.63) is 28.8 Å². The van der Waals surface area contributed by atoms with Gasteiger partial charge in [0.25, 0.3) is 5.91 Å². The topological polar surface area (TPSA) is 38.3 Å². The lowest BCUT2D eigenvalue weighted by Crippen LogP contribution is -2.47. The van der Waals surface area contributed by atoms with Crippen LogP contribution in [0.2, 0.25) is 5.02 Å². The second-order valence-electron chi connectivity index (χ2n) is 5.30. The number of ether oxygens (including phenoxy) is 1. The fourth-order valence-corrected chi connectivity index (χ4v) is 2.01. The molecule has 0 saturated carbocycles. The maximum absolute atomic E-state index is 11.9. The van der Waals surface area contributed by atoms with Crippen molar-refractivity contribution in [2.24, 2.45) is 0 Å². The van der Waals surface area contributed by atoms with Crippen LogP contribution in [-0.2, 0) is 11.2 Å².